The summed E-state index contributed by atoms with van der Waals surface area (Å²) < 4.78 is 31.3. The number of rotatable bonds is 7. The van der Waals surface area contributed by atoms with Crippen molar-refractivity contribution in [2.45, 2.75) is 51.2 Å². The number of aryl methyl sites for hydroxylation is 1. The summed E-state index contributed by atoms with van der Waals surface area (Å²) in [5.74, 6) is 1.63. The highest BCUT2D eigenvalue weighted by molar-refractivity contribution is 6.30. The third kappa shape index (κ3) is 5.13. The molecule has 3 aromatic carbocycles. The van der Waals surface area contributed by atoms with Gasteiger partial charge in [0.1, 0.15) is 23.8 Å². The van der Waals surface area contributed by atoms with E-state index in [4.69, 9.17) is 26.1 Å². The first-order valence-electron chi connectivity index (χ1n) is 14.4. The number of hydrogen-bond donors (Lipinski definition) is 1. The Morgan fingerprint density at radius 3 is 2.63 bits per heavy atom. The van der Waals surface area contributed by atoms with Gasteiger partial charge in [0.05, 0.1) is 36.3 Å². The number of piperidine rings is 1. The molecular formula is C32H32ClFN6O3. The van der Waals surface area contributed by atoms with E-state index in [0.717, 1.165) is 59.7 Å². The van der Waals surface area contributed by atoms with Crippen molar-refractivity contribution in [3.05, 3.63) is 100 Å². The molecule has 2 aromatic heterocycles. The quantitative estimate of drug-likeness (QED) is 0.262. The maximum atomic E-state index is 14.8. The van der Waals surface area contributed by atoms with Crippen LogP contribution < -0.4 is 9.47 Å². The van der Waals surface area contributed by atoms with Gasteiger partial charge in [-0.25, -0.2) is 14.4 Å². The van der Waals surface area contributed by atoms with Crippen LogP contribution in [0.25, 0.3) is 11.0 Å². The predicted molar refractivity (Wildman–Crippen MR) is 159 cm³/mol. The maximum absolute atomic E-state index is 14.8. The molecule has 2 aliphatic rings. The molecule has 222 valence electrons. The first kappa shape index (κ1) is 27.8. The SMILES string of the molecule is Cn1ncnc1Cn1c(CN2CCC(c3cccc4c3OC(C)(c3ccc(Cl)cc3F)O4)CC2)nc2ccc(CO)cc21. The van der Waals surface area contributed by atoms with Crippen LogP contribution in [0.1, 0.15) is 54.0 Å². The van der Waals surface area contributed by atoms with Crippen LogP contribution in [0, 0.1) is 5.82 Å². The van der Waals surface area contributed by atoms with Crippen molar-refractivity contribution in [2.24, 2.45) is 7.05 Å². The molecule has 7 rings (SSSR count). The molecule has 2 aliphatic heterocycles. The Bertz CT molecular complexity index is 1810. The van der Waals surface area contributed by atoms with Crippen molar-refractivity contribution in [3.8, 4) is 11.5 Å². The lowest BCUT2D eigenvalue weighted by Crippen LogP contribution is -2.34. The van der Waals surface area contributed by atoms with E-state index < -0.39 is 11.6 Å². The molecule has 0 spiro atoms. The Morgan fingerprint density at radius 1 is 1.05 bits per heavy atom. The average molecular weight is 603 g/mol. The molecule has 1 unspecified atom stereocenters. The second-order valence-corrected chi connectivity index (χ2v) is 11.8. The number of hydrogen-bond acceptors (Lipinski definition) is 7. The largest absolute Gasteiger partial charge is 0.444 e. The smallest absolute Gasteiger partial charge is 0.278 e. The Balaban J connectivity index is 1.09. The Hall–Kier alpha value is -3.99. The summed E-state index contributed by atoms with van der Waals surface area (Å²) in [6, 6.07) is 16.3. The van der Waals surface area contributed by atoms with Crippen molar-refractivity contribution in [1.82, 2.24) is 29.2 Å². The summed E-state index contributed by atoms with van der Waals surface area (Å²) in [6.07, 6.45) is 3.43. The molecule has 1 fully saturated rings. The zero-order chi connectivity index (χ0) is 29.7. The van der Waals surface area contributed by atoms with Crippen LogP contribution >= 0.6 is 11.6 Å². The summed E-state index contributed by atoms with van der Waals surface area (Å²) >= 11 is 5.98. The average Bonchev–Trinajstić information content (AvgIpc) is 3.67. The van der Waals surface area contributed by atoms with Crippen LogP contribution in [-0.4, -0.2) is 47.4 Å². The lowest BCUT2D eigenvalue weighted by molar-refractivity contribution is -0.0712. The molecule has 5 aromatic rings. The van der Waals surface area contributed by atoms with E-state index in [9.17, 15) is 9.50 Å². The zero-order valence-electron chi connectivity index (χ0n) is 24.0. The molecule has 1 saturated heterocycles. The van der Waals surface area contributed by atoms with Crippen LogP contribution in [0.4, 0.5) is 4.39 Å². The number of aliphatic hydroxyl groups is 1. The van der Waals surface area contributed by atoms with Crippen LogP contribution in [0.2, 0.25) is 5.02 Å². The van der Waals surface area contributed by atoms with Gasteiger partial charge < -0.3 is 19.1 Å². The minimum atomic E-state index is -1.27. The summed E-state index contributed by atoms with van der Waals surface area (Å²) in [5, 5.41) is 14.3. The molecule has 9 nitrogen and oxygen atoms in total. The third-order valence-electron chi connectivity index (χ3n) is 8.60. The summed E-state index contributed by atoms with van der Waals surface area (Å²) in [5.41, 5.74) is 4.10. The fourth-order valence-corrected chi connectivity index (χ4v) is 6.42. The lowest BCUT2D eigenvalue weighted by Gasteiger charge is -2.32. The van der Waals surface area contributed by atoms with Crippen molar-refractivity contribution < 1.29 is 19.0 Å². The highest BCUT2D eigenvalue weighted by atomic mass is 35.5. The van der Waals surface area contributed by atoms with Gasteiger partial charge in [-0.15, -0.1) is 0 Å². The Morgan fingerprint density at radius 2 is 1.88 bits per heavy atom. The molecule has 1 N–H and O–H groups in total. The van der Waals surface area contributed by atoms with Crippen LogP contribution in [-0.2, 0) is 32.5 Å². The van der Waals surface area contributed by atoms with Crippen molar-refractivity contribution in [3.63, 3.8) is 0 Å². The number of imidazole rings is 1. The molecule has 0 radical (unpaired) electrons. The second-order valence-electron chi connectivity index (χ2n) is 11.4. The number of aliphatic hydroxyl groups excluding tert-OH is 1. The molecule has 1 atom stereocenters. The molecule has 0 saturated carbocycles. The first-order chi connectivity index (χ1) is 20.8. The molecular weight excluding hydrogens is 571 g/mol. The molecule has 4 heterocycles. The molecule has 0 aliphatic carbocycles. The number of nitrogens with zero attached hydrogens (tertiary/aromatic N) is 6. The van der Waals surface area contributed by atoms with Gasteiger partial charge in [-0.1, -0.05) is 29.8 Å². The van der Waals surface area contributed by atoms with Gasteiger partial charge >= 0.3 is 0 Å². The highest BCUT2D eigenvalue weighted by Gasteiger charge is 2.43. The van der Waals surface area contributed by atoms with E-state index in [1.54, 1.807) is 30.1 Å². The molecule has 11 heteroatoms. The van der Waals surface area contributed by atoms with Gasteiger partial charge in [0, 0.05) is 24.6 Å². The van der Waals surface area contributed by atoms with Crippen molar-refractivity contribution >= 4 is 22.6 Å². The van der Waals surface area contributed by atoms with E-state index in [-0.39, 0.29) is 12.5 Å². The monoisotopic (exact) mass is 602 g/mol. The van der Waals surface area contributed by atoms with Crippen LogP contribution in [0.3, 0.4) is 0 Å². The standard InChI is InChI=1S/C32H32ClFN6O3/c1-32(24-8-7-22(33)15-25(24)34)42-28-5-3-4-23(31(28)43-32)21-10-12-39(13-11-21)16-30-37-26-9-6-20(18-41)14-27(26)40(30)17-29-35-19-36-38(29)2/h3-9,14-15,19,21,41H,10-13,16-18H2,1-2H3. The van der Waals surface area contributed by atoms with E-state index in [1.807, 2.05) is 37.4 Å². The molecule has 0 bridgehead atoms. The first-order valence-corrected chi connectivity index (χ1v) is 14.8. The number of para-hydroxylation sites is 1. The maximum Gasteiger partial charge on any atom is 0.278 e. The number of ether oxygens (including phenoxy) is 2. The number of halogens is 2. The minimum Gasteiger partial charge on any atom is -0.444 e. The minimum absolute atomic E-state index is 0.0281. The Kier molecular flexibility index (Phi) is 7.07. The fourth-order valence-electron chi connectivity index (χ4n) is 6.26. The van der Waals surface area contributed by atoms with Crippen molar-refractivity contribution in [1.29, 1.82) is 0 Å². The summed E-state index contributed by atoms with van der Waals surface area (Å²) in [4.78, 5) is 11.8. The third-order valence-corrected chi connectivity index (χ3v) is 8.84. The number of fused-ring (bicyclic) bond motifs is 2. The van der Waals surface area contributed by atoms with Gasteiger partial charge in [-0.05, 0) is 73.8 Å². The predicted octanol–water partition coefficient (Wildman–Crippen LogP) is 5.52. The van der Waals surface area contributed by atoms with E-state index in [2.05, 4.69) is 25.6 Å². The number of likely N-dealkylation sites (tertiary alicyclic amines) is 1. The zero-order valence-corrected chi connectivity index (χ0v) is 24.8. The van der Waals surface area contributed by atoms with Gasteiger partial charge in [-0.3, -0.25) is 9.58 Å². The number of benzene rings is 3. The molecule has 43 heavy (non-hydrogen) atoms. The summed E-state index contributed by atoms with van der Waals surface area (Å²) in [6.45, 7) is 4.70. The van der Waals surface area contributed by atoms with Crippen molar-refractivity contribution in [2.75, 3.05) is 13.1 Å². The highest BCUT2D eigenvalue weighted by Crippen LogP contribution is 2.49. The van der Waals surface area contributed by atoms with Gasteiger partial charge in [0.15, 0.2) is 11.5 Å². The van der Waals surface area contributed by atoms with E-state index >= 15 is 0 Å². The van der Waals surface area contributed by atoms with Crippen LogP contribution in [0.5, 0.6) is 11.5 Å². The van der Waals surface area contributed by atoms with E-state index in [1.165, 1.54) is 6.07 Å². The topological polar surface area (TPSA) is 90.5 Å². The van der Waals surface area contributed by atoms with Crippen LogP contribution in [0.15, 0.2) is 60.9 Å². The molecule has 0 amide bonds. The van der Waals surface area contributed by atoms with Gasteiger partial charge in [0.25, 0.3) is 5.79 Å². The fraction of sp³-hybridized carbons (Fsp3) is 0.344. The normalized spacial score (nSPS) is 19.0. The second kappa shape index (κ2) is 10.9. The van der Waals surface area contributed by atoms with Gasteiger partial charge in [-0.2, -0.15) is 5.10 Å². The van der Waals surface area contributed by atoms with Gasteiger partial charge in [0.2, 0.25) is 0 Å². The van der Waals surface area contributed by atoms with E-state index in [0.29, 0.717) is 35.2 Å². The lowest BCUT2D eigenvalue weighted by atomic mass is 9.88. The number of aromatic nitrogens is 5. The Labute approximate surface area is 253 Å². The summed E-state index contributed by atoms with van der Waals surface area (Å²) in [7, 11) is 1.88.